The number of aromatic nitrogens is 1. The summed E-state index contributed by atoms with van der Waals surface area (Å²) >= 11 is 0. The van der Waals surface area contributed by atoms with Gasteiger partial charge in [-0.3, -0.25) is 14.7 Å². The lowest BCUT2D eigenvalue weighted by Gasteiger charge is -2.20. The largest absolute Gasteiger partial charge is 0.481 e. The highest BCUT2D eigenvalue weighted by Crippen LogP contribution is 2.28. The monoisotopic (exact) mass is 270 g/mol. The number of aliphatic carboxylic acids is 1. The molecule has 1 aromatic carbocycles. The fraction of sp³-hybridized carbons (Fsp3) is 0.375. The van der Waals surface area contributed by atoms with Crippen molar-refractivity contribution in [2.75, 3.05) is 6.54 Å². The van der Waals surface area contributed by atoms with Crippen LogP contribution >= 0.6 is 0 Å². The maximum Gasteiger partial charge on any atom is 0.304 e. The molecule has 1 heterocycles. The molecule has 0 amide bonds. The molecular formula is C16H18N2O2. The van der Waals surface area contributed by atoms with Gasteiger partial charge in [0.2, 0.25) is 0 Å². The summed E-state index contributed by atoms with van der Waals surface area (Å²) < 4.78 is 0. The Kier molecular flexibility index (Phi) is 3.65. The first kappa shape index (κ1) is 13.1. The van der Waals surface area contributed by atoms with Crippen LogP contribution in [0.4, 0.5) is 0 Å². The van der Waals surface area contributed by atoms with Crippen molar-refractivity contribution in [3.8, 4) is 0 Å². The zero-order valence-corrected chi connectivity index (χ0v) is 11.3. The topological polar surface area (TPSA) is 53.4 Å². The number of hydrogen-bond donors (Lipinski definition) is 1. The Labute approximate surface area is 118 Å². The summed E-state index contributed by atoms with van der Waals surface area (Å²) in [6.45, 7) is 1.34. The molecule has 1 N–H and O–H groups in total. The third kappa shape index (κ3) is 3.14. The van der Waals surface area contributed by atoms with Crippen LogP contribution in [0.2, 0.25) is 0 Å². The van der Waals surface area contributed by atoms with Gasteiger partial charge in [0.05, 0.1) is 17.6 Å². The number of carboxylic acid groups (broad SMARTS) is 1. The highest BCUT2D eigenvalue weighted by atomic mass is 16.4. The molecule has 20 heavy (non-hydrogen) atoms. The van der Waals surface area contributed by atoms with Gasteiger partial charge in [-0.25, -0.2) is 0 Å². The van der Waals surface area contributed by atoms with Crippen molar-refractivity contribution < 1.29 is 9.90 Å². The number of nitrogens with zero attached hydrogens (tertiary/aromatic N) is 2. The fourth-order valence-electron chi connectivity index (χ4n) is 2.47. The number of carbonyl (C=O) groups is 1. The molecule has 0 bridgehead atoms. The predicted molar refractivity (Wildman–Crippen MR) is 77.4 cm³/mol. The molecule has 104 valence electrons. The van der Waals surface area contributed by atoms with E-state index in [-0.39, 0.29) is 6.42 Å². The Balaban J connectivity index is 1.74. The molecule has 0 saturated heterocycles. The van der Waals surface area contributed by atoms with Crippen LogP contribution in [0.3, 0.4) is 0 Å². The summed E-state index contributed by atoms with van der Waals surface area (Å²) in [7, 11) is 0. The zero-order chi connectivity index (χ0) is 13.9. The molecular weight excluding hydrogens is 252 g/mol. The van der Waals surface area contributed by atoms with E-state index in [0.717, 1.165) is 23.1 Å². The van der Waals surface area contributed by atoms with Gasteiger partial charge in [0.1, 0.15) is 0 Å². The molecule has 2 aromatic rings. The van der Waals surface area contributed by atoms with Crippen LogP contribution in [-0.2, 0) is 11.3 Å². The van der Waals surface area contributed by atoms with Gasteiger partial charge in [-0.05, 0) is 25.0 Å². The minimum atomic E-state index is -0.734. The van der Waals surface area contributed by atoms with Crippen molar-refractivity contribution in [3.63, 3.8) is 0 Å². The Bertz CT molecular complexity index is 623. The smallest absolute Gasteiger partial charge is 0.304 e. The van der Waals surface area contributed by atoms with Crippen molar-refractivity contribution >= 4 is 16.9 Å². The molecule has 0 radical (unpaired) electrons. The van der Waals surface area contributed by atoms with Crippen LogP contribution in [0, 0.1) is 0 Å². The summed E-state index contributed by atoms with van der Waals surface area (Å²) in [5.41, 5.74) is 2.01. The third-order valence-electron chi connectivity index (χ3n) is 3.70. The summed E-state index contributed by atoms with van der Waals surface area (Å²) in [5.74, 6) is -0.734. The van der Waals surface area contributed by atoms with E-state index in [0.29, 0.717) is 12.6 Å². The first-order valence-electron chi connectivity index (χ1n) is 7.03. The van der Waals surface area contributed by atoms with E-state index in [2.05, 4.69) is 22.0 Å². The van der Waals surface area contributed by atoms with E-state index in [1.54, 1.807) is 0 Å². The average molecular weight is 270 g/mol. The summed E-state index contributed by atoms with van der Waals surface area (Å²) in [4.78, 5) is 17.6. The van der Waals surface area contributed by atoms with Crippen LogP contribution in [0.25, 0.3) is 10.9 Å². The number of carboxylic acids is 1. The summed E-state index contributed by atoms with van der Waals surface area (Å²) in [5, 5.41) is 9.97. The van der Waals surface area contributed by atoms with Gasteiger partial charge in [0, 0.05) is 24.5 Å². The normalized spacial score (nSPS) is 14.8. The van der Waals surface area contributed by atoms with Crippen LogP contribution < -0.4 is 0 Å². The first-order chi connectivity index (χ1) is 9.72. The maximum absolute atomic E-state index is 10.7. The molecule has 0 unspecified atom stereocenters. The Morgan fingerprint density at radius 3 is 2.80 bits per heavy atom. The van der Waals surface area contributed by atoms with Crippen LogP contribution in [0.5, 0.6) is 0 Å². The van der Waals surface area contributed by atoms with Crippen molar-refractivity contribution in [1.82, 2.24) is 9.88 Å². The van der Waals surface area contributed by atoms with Gasteiger partial charge in [-0.2, -0.15) is 0 Å². The summed E-state index contributed by atoms with van der Waals surface area (Å²) in [6, 6.07) is 12.7. The molecule has 4 heteroatoms. The highest BCUT2D eigenvalue weighted by molar-refractivity contribution is 5.78. The molecule has 0 spiro atoms. The third-order valence-corrected chi connectivity index (χ3v) is 3.70. The molecule has 1 saturated carbocycles. The molecule has 0 aliphatic heterocycles. The minimum Gasteiger partial charge on any atom is -0.481 e. The van der Waals surface area contributed by atoms with E-state index >= 15 is 0 Å². The van der Waals surface area contributed by atoms with Gasteiger partial charge in [-0.1, -0.05) is 24.3 Å². The lowest BCUT2D eigenvalue weighted by Crippen LogP contribution is -2.28. The van der Waals surface area contributed by atoms with E-state index in [1.807, 2.05) is 24.3 Å². The summed E-state index contributed by atoms with van der Waals surface area (Å²) in [6.07, 6.45) is 2.55. The minimum absolute atomic E-state index is 0.198. The van der Waals surface area contributed by atoms with E-state index in [9.17, 15) is 4.79 Å². The van der Waals surface area contributed by atoms with Crippen LogP contribution in [0.15, 0.2) is 36.4 Å². The van der Waals surface area contributed by atoms with Gasteiger partial charge < -0.3 is 5.11 Å². The molecule has 4 nitrogen and oxygen atoms in total. The molecule has 1 fully saturated rings. The zero-order valence-electron chi connectivity index (χ0n) is 11.3. The number of fused-ring (bicyclic) bond motifs is 1. The van der Waals surface area contributed by atoms with Crippen LogP contribution in [-0.4, -0.2) is 33.5 Å². The van der Waals surface area contributed by atoms with Crippen LogP contribution in [0.1, 0.15) is 25.0 Å². The average Bonchev–Trinajstić information content (AvgIpc) is 3.27. The van der Waals surface area contributed by atoms with E-state index in [4.69, 9.17) is 5.11 Å². The second kappa shape index (κ2) is 5.59. The lowest BCUT2D eigenvalue weighted by molar-refractivity contribution is -0.137. The highest BCUT2D eigenvalue weighted by Gasteiger charge is 2.29. The second-order valence-corrected chi connectivity index (χ2v) is 5.34. The van der Waals surface area contributed by atoms with Crippen molar-refractivity contribution in [2.24, 2.45) is 0 Å². The number of benzene rings is 1. The van der Waals surface area contributed by atoms with Crippen molar-refractivity contribution in [3.05, 3.63) is 42.1 Å². The Hall–Kier alpha value is -1.94. The van der Waals surface area contributed by atoms with Gasteiger partial charge >= 0.3 is 5.97 Å². The number of para-hydroxylation sites is 1. The predicted octanol–water partition coefficient (Wildman–Crippen LogP) is 2.67. The molecule has 1 aromatic heterocycles. The van der Waals surface area contributed by atoms with Crippen molar-refractivity contribution in [1.29, 1.82) is 0 Å². The first-order valence-corrected chi connectivity index (χ1v) is 7.03. The van der Waals surface area contributed by atoms with Gasteiger partial charge in [0.15, 0.2) is 0 Å². The van der Waals surface area contributed by atoms with E-state index < -0.39 is 5.97 Å². The Morgan fingerprint density at radius 2 is 2.05 bits per heavy atom. The fourth-order valence-corrected chi connectivity index (χ4v) is 2.47. The molecule has 3 rings (SSSR count). The quantitative estimate of drug-likeness (QED) is 0.876. The van der Waals surface area contributed by atoms with Gasteiger partial charge in [0.25, 0.3) is 0 Å². The lowest BCUT2D eigenvalue weighted by atomic mass is 10.2. The molecule has 1 aliphatic rings. The SMILES string of the molecule is O=C(O)CCN(Cc1ccc2ccccc2n1)C1CC1. The number of hydrogen-bond acceptors (Lipinski definition) is 3. The standard InChI is InChI=1S/C16H18N2O2/c19-16(20)9-10-18(14-7-8-14)11-13-6-5-12-3-1-2-4-15(12)17-13/h1-6,14H,7-11H2,(H,19,20). The number of pyridine rings is 1. The Morgan fingerprint density at radius 1 is 1.25 bits per heavy atom. The van der Waals surface area contributed by atoms with Gasteiger partial charge in [-0.15, -0.1) is 0 Å². The van der Waals surface area contributed by atoms with E-state index in [1.165, 1.54) is 12.8 Å². The number of rotatable bonds is 6. The molecule has 1 aliphatic carbocycles. The maximum atomic E-state index is 10.7. The van der Waals surface area contributed by atoms with Crippen molar-refractivity contribution in [2.45, 2.75) is 31.8 Å². The second-order valence-electron chi connectivity index (χ2n) is 5.34. The molecule has 0 atom stereocenters.